The lowest BCUT2D eigenvalue weighted by atomic mass is 10.2. The highest BCUT2D eigenvalue weighted by molar-refractivity contribution is 6.33. The summed E-state index contributed by atoms with van der Waals surface area (Å²) in [5.41, 5.74) is 12.3. The van der Waals surface area contributed by atoms with Crippen molar-refractivity contribution < 1.29 is 0 Å². The van der Waals surface area contributed by atoms with E-state index in [1.54, 1.807) is 12.3 Å². The molecule has 60 valence electrons. The molecule has 0 atom stereocenters. The highest BCUT2D eigenvalue weighted by atomic mass is 35.5. The summed E-state index contributed by atoms with van der Waals surface area (Å²) in [5.74, 6) is 0. The molecule has 4 N–H and O–H groups in total. The summed E-state index contributed by atoms with van der Waals surface area (Å²) in [6.45, 7) is 0.539. The third-order valence-corrected chi connectivity index (χ3v) is 1.73. The Kier molecular flexibility index (Phi) is 2.68. The zero-order valence-corrected chi connectivity index (χ0v) is 6.80. The lowest BCUT2D eigenvalue weighted by molar-refractivity contribution is 0.927. The van der Waals surface area contributed by atoms with E-state index in [1.165, 1.54) is 0 Å². The molecule has 1 heterocycles. The fourth-order valence-electron chi connectivity index (χ4n) is 0.826. The van der Waals surface area contributed by atoms with Gasteiger partial charge in [-0.3, -0.25) is 4.98 Å². The molecule has 0 amide bonds. The molecule has 1 rings (SSSR count). The third kappa shape index (κ3) is 1.82. The molecular formula is C7H10ClN3. The summed E-state index contributed by atoms with van der Waals surface area (Å²) < 4.78 is 0. The minimum Gasteiger partial charge on any atom is -0.396 e. The summed E-state index contributed by atoms with van der Waals surface area (Å²) in [4.78, 5) is 4.04. The molecule has 0 unspecified atom stereocenters. The van der Waals surface area contributed by atoms with Gasteiger partial charge in [0.05, 0.1) is 16.4 Å². The Bertz CT molecular complexity index is 249. The maximum Gasteiger partial charge on any atom is 0.0723 e. The smallest absolute Gasteiger partial charge is 0.0723 e. The van der Waals surface area contributed by atoms with Gasteiger partial charge in [0, 0.05) is 12.6 Å². The normalized spacial score (nSPS) is 10.0. The molecule has 0 bridgehead atoms. The fraction of sp³-hybridized carbons (Fsp3) is 0.286. The molecule has 1 aromatic heterocycles. The van der Waals surface area contributed by atoms with Gasteiger partial charge < -0.3 is 11.5 Å². The molecule has 11 heavy (non-hydrogen) atoms. The molecule has 0 saturated carbocycles. The van der Waals surface area contributed by atoms with Gasteiger partial charge in [-0.25, -0.2) is 0 Å². The number of aromatic nitrogens is 1. The molecule has 0 aliphatic rings. The fourth-order valence-corrected chi connectivity index (χ4v) is 0.991. The van der Waals surface area contributed by atoms with E-state index in [4.69, 9.17) is 23.1 Å². The van der Waals surface area contributed by atoms with Gasteiger partial charge in [-0.2, -0.15) is 0 Å². The number of hydrogen-bond donors (Lipinski definition) is 2. The van der Waals surface area contributed by atoms with Crippen LogP contribution in [-0.4, -0.2) is 11.5 Å². The second-order valence-corrected chi connectivity index (χ2v) is 2.60. The van der Waals surface area contributed by atoms with Crippen LogP contribution >= 0.6 is 11.6 Å². The van der Waals surface area contributed by atoms with E-state index in [1.807, 2.05) is 0 Å². The minimum atomic E-state index is 0.539. The van der Waals surface area contributed by atoms with Crippen molar-refractivity contribution in [2.24, 2.45) is 5.73 Å². The molecule has 0 fully saturated rings. The second-order valence-electron chi connectivity index (χ2n) is 2.19. The van der Waals surface area contributed by atoms with Crippen LogP contribution in [0.3, 0.4) is 0 Å². The van der Waals surface area contributed by atoms with Crippen molar-refractivity contribution in [2.75, 3.05) is 12.3 Å². The van der Waals surface area contributed by atoms with Crippen molar-refractivity contribution >= 4 is 17.3 Å². The van der Waals surface area contributed by atoms with Gasteiger partial charge in [0.1, 0.15) is 0 Å². The van der Waals surface area contributed by atoms with Crippen molar-refractivity contribution in [3.05, 3.63) is 23.0 Å². The van der Waals surface area contributed by atoms with Crippen molar-refractivity contribution in [3.8, 4) is 0 Å². The van der Waals surface area contributed by atoms with Crippen LogP contribution in [0, 0.1) is 0 Å². The Morgan fingerprint density at radius 2 is 2.27 bits per heavy atom. The van der Waals surface area contributed by atoms with Gasteiger partial charge in [0.25, 0.3) is 0 Å². The van der Waals surface area contributed by atoms with E-state index in [0.29, 0.717) is 23.7 Å². The standard InChI is InChI=1S/C7H10ClN3/c8-5-2-4-11-6(1-3-9)7(5)10/h2,4H,1,3,9-10H2. The zero-order valence-electron chi connectivity index (χ0n) is 6.05. The molecule has 0 aliphatic carbocycles. The van der Waals surface area contributed by atoms with Gasteiger partial charge in [0.2, 0.25) is 0 Å². The van der Waals surface area contributed by atoms with Crippen LogP contribution < -0.4 is 11.5 Å². The third-order valence-electron chi connectivity index (χ3n) is 1.40. The molecule has 4 heteroatoms. The van der Waals surface area contributed by atoms with Crippen molar-refractivity contribution in [1.82, 2.24) is 4.98 Å². The lowest BCUT2D eigenvalue weighted by Gasteiger charge is -2.03. The second kappa shape index (κ2) is 3.55. The van der Waals surface area contributed by atoms with Crippen LogP contribution in [0.1, 0.15) is 5.69 Å². The Morgan fingerprint density at radius 3 is 2.91 bits per heavy atom. The molecule has 1 aromatic rings. The Balaban J connectivity index is 2.96. The number of rotatable bonds is 2. The highest BCUT2D eigenvalue weighted by Crippen LogP contribution is 2.19. The molecule has 0 saturated heterocycles. The number of pyridine rings is 1. The molecule has 0 spiro atoms. The predicted molar refractivity (Wildman–Crippen MR) is 46.4 cm³/mol. The molecule has 3 nitrogen and oxygen atoms in total. The van der Waals surface area contributed by atoms with Crippen LogP contribution in [0.15, 0.2) is 12.3 Å². The molecular weight excluding hydrogens is 162 g/mol. The first kappa shape index (κ1) is 8.30. The SMILES string of the molecule is NCCc1nccc(Cl)c1N. The summed E-state index contributed by atoms with van der Waals surface area (Å²) in [6, 6.07) is 1.66. The lowest BCUT2D eigenvalue weighted by Crippen LogP contribution is -2.07. The van der Waals surface area contributed by atoms with Crippen molar-refractivity contribution in [1.29, 1.82) is 0 Å². The number of hydrogen-bond acceptors (Lipinski definition) is 3. The predicted octanol–water partition coefficient (Wildman–Crippen LogP) is 0.818. The maximum atomic E-state index is 5.74. The molecule has 0 radical (unpaired) electrons. The Labute approximate surface area is 70.4 Å². The summed E-state index contributed by atoms with van der Waals surface area (Å²) in [6.07, 6.45) is 2.30. The minimum absolute atomic E-state index is 0.539. The van der Waals surface area contributed by atoms with E-state index in [2.05, 4.69) is 4.98 Å². The zero-order chi connectivity index (χ0) is 8.27. The van der Waals surface area contributed by atoms with Crippen molar-refractivity contribution in [2.45, 2.75) is 6.42 Å². The number of anilines is 1. The molecule has 0 aliphatic heterocycles. The monoisotopic (exact) mass is 171 g/mol. The van der Waals surface area contributed by atoms with Gasteiger partial charge in [0.15, 0.2) is 0 Å². The number of nitrogens with two attached hydrogens (primary N) is 2. The summed E-state index contributed by atoms with van der Waals surface area (Å²) in [7, 11) is 0. The average Bonchev–Trinajstić information content (AvgIpc) is 1.99. The van der Waals surface area contributed by atoms with Crippen LogP contribution in [0.5, 0.6) is 0 Å². The van der Waals surface area contributed by atoms with Gasteiger partial charge >= 0.3 is 0 Å². The van der Waals surface area contributed by atoms with Crippen LogP contribution in [0.2, 0.25) is 5.02 Å². The van der Waals surface area contributed by atoms with Crippen molar-refractivity contribution in [3.63, 3.8) is 0 Å². The van der Waals surface area contributed by atoms with E-state index < -0.39 is 0 Å². The Morgan fingerprint density at radius 1 is 1.55 bits per heavy atom. The van der Waals surface area contributed by atoms with E-state index in [0.717, 1.165) is 5.69 Å². The number of nitrogen functional groups attached to an aromatic ring is 1. The first-order valence-corrected chi connectivity index (χ1v) is 3.72. The van der Waals surface area contributed by atoms with E-state index in [-0.39, 0.29) is 0 Å². The summed E-state index contributed by atoms with van der Waals surface area (Å²) >= 11 is 5.74. The van der Waals surface area contributed by atoms with Crippen LogP contribution in [-0.2, 0) is 6.42 Å². The summed E-state index contributed by atoms with van der Waals surface area (Å²) in [5, 5.41) is 0.545. The van der Waals surface area contributed by atoms with E-state index >= 15 is 0 Å². The first-order chi connectivity index (χ1) is 5.25. The van der Waals surface area contributed by atoms with Crippen LogP contribution in [0.4, 0.5) is 5.69 Å². The maximum absolute atomic E-state index is 5.74. The number of nitrogens with zero attached hydrogens (tertiary/aromatic N) is 1. The topological polar surface area (TPSA) is 64.9 Å². The largest absolute Gasteiger partial charge is 0.396 e. The van der Waals surface area contributed by atoms with Gasteiger partial charge in [-0.1, -0.05) is 11.6 Å². The molecule has 0 aromatic carbocycles. The average molecular weight is 172 g/mol. The van der Waals surface area contributed by atoms with Gasteiger partial charge in [-0.05, 0) is 12.6 Å². The van der Waals surface area contributed by atoms with Gasteiger partial charge in [-0.15, -0.1) is 0 Å². The highest BCUT2D eigenvalue weighted by Gasteiger charge is 2.02. The quantitative estimate of drug-likeness (QED) is 0.693. The number of halogens is 1. The Hall–Kier alpha value is -0.800. The van der Waals surface area contributed by atoms with Crippen LogP contribution in [0.25, 0.3) is 0 Å². The first-order valence-electron chi connectivity index (χ1n) is 3.34. The van der Waals surface area contributed by atoms with E-state index in [9.17, 15) is 0 Å².